The molecule has 5 N–H and O–H groups in total. The zero-order valence-corrected chi connectivity index (χ0v) is 18.1. The van der Waals surface area contributed by atoms with Gasteiger partial charge in [0.2, 0.25) is 0 Å². The van der Waals surface area contributed by atoms with Gasteiger partial charge in [-0.05, 0) is 51.5 Å². The van der Waals surface area contributed by atoms with E-state index < -0.39 is 43.6 Å². The molecule has 0 aliphatic carbocycles. The molecule has 3 atom stereocenters. The van der Waals surface area contributed by atoms with Crippen LogP contribution in [0.1, 0.15) is 43.4 Å². The van der Waals surface area contributed by atoms with Crippen LogP contribution in [0.3, 0.4) is 0 Å². The number of aliphatic imine (C=N–C) groups is 1. The van der Waals surface area contributed by atoms with Gasteiger partial charge in [0.05, 0.1) is 16.2 Å². The van der Waals surface area contributed by atoms with Crippen LogP contribution in [0.25, 0.3) is 0 Å². The Hall–Kier alpha value is -2.63. The third-order valence-electron chi connectivity index (χ3n) is 6.04. The summed E-state index contributed by atoms with van der Waals surface area (Å²) in [6.07, 6.45) is 1.50. The molecule has 31 heavy (non-hydrogen) atoms. The van der Waals surface area contributed by atoms with Crippen LogP contribution in [0.15, 0.2) is 35.5 Å². The summed E-state index contributed by atoms with van der Waals surface area (Å²) in [5.74, 6) is -1.51. The molecule has 166 valence electrons. The Kier molecular flexibility index (Phi) is 5.02. The first-order valence-corrected chi connectivity index (χ1v) is 11.4. The van der Waals surface area contributed by atoms with E-state index >= 15 is 0 Å². The fraction of sp³-hybridized carbons (Fsp3) is 0.400. The maximum atomic E-state index is 15.0. The molecule has 2 aliphatic rings. The summed E-state index contributed by atoms with van der Waals surface area (Å²) in [6, 6.07) is 4.85. The van der Waals surface area contributed by atoms with Gasteiger partial charge >= 0.3 is 0 Å². The second-order valence-corrected chi connectivity index (χ2v) is 11.4. The third kappa shape index (κ3) is 3.27. The van der Waals surface area contributed by atoms with E-state index in [0.717, 1.165) is 12.3 Å². The minimum absolute atomic E-state index is 0.0132. The molecule has 1 saturated heterocycles. The topological polar surface area (TPSA) is 126 Å². The predicted molar refractivity (Wildman–Crippen MR) is 116 cm³/mol. The molecular weight excluding hydrogens is 426 g/mol. The Labute approximate surface area is 180 Å². The number of aromatic nitrogens is 2. The quantitative estimate of drug-likeness (QED) is 0.570. The first kappa shape index (κ1) is 21.6. The Balaban J connectivity index is 1.74. The molecule has 2 aliphatic heterocycles. The van der Waals surface area contributed by atoms with Crippen LogP contribution in [0, 0.1) is 11.6 Å². The highest BCUT2D eigenvalue weighted by molar-refractivity contribution is 8.29. The normalized spacial score (nSPS) is 31.3. The minimum Gasteiger partial charge on any atom is -0.386 e. The summed E-state index contributed by atoms with van der Waals surface area (Å²) in [4.78, 5) is 25.1. The number of amides is 1. The Morgan fingerprint density at radius 2 is 2.03 bits per heavy atom. The van der Waals surface area contributed by atoms with Crippen molar-refractivity contribution in [1.29, 1.82) is 0 Å². The van der Waals surface area contributed by atoms with E-state index in [4.69, 9.17) is 5.73 Å². The molecule has 1 fully saturated rings. The number of amidine groups is 1. The molecule has 0 aromatic carbocycles. The average molecular weight is 451 g/mol. The molecule has 1 amide bonds. The van der Waals surface area contributed by atoms with Gasteiger partial charge in [-0.25, -0.2) is 18.7 Å². The highest BCUT2D eigenvalue weighted by Crippen LogP contribution is 2.67. The lowest BCUT2D eigenvalue weighted by Gasteiger charge is -2.55. The van der Waals surface area contributed by atoms with Gasteiger partial charge in [-0.1, -0.05) is 10.5 Å². The average Bonchev–Trinajstić information content (AvgIpc) is 3.13. The zero-order valence-electron chi connectivity index (χ0n) is 17.3. The van der Waals surface area contributed by atoms with Crippen molar-refractivity contribution in [2.24, 2.45) is 10.7 Å². The van der Waals surface area contributed by atoms with Crippen LogP contribution in [0.5, 0.6) is 0 Å². The van der Waals surface area contributed by atoms with Crippen molar-refractivity contribution in [3.05, 3.63) is 53.5 Å². The number of nitrogens with zero attached hydrogens (tertiary/aromatic N) is 3. The molecule has 0 saturated carbocycles. The number of anilines is 1. The van der Waals surface area contributed by atoms with Gasteiger partial charge in [0.15, 0.2) is 0 Å². The predicted octanol–water partition coefficient (Wildman–Crippen LogP) is 2.93. The minimum atomic E-state index is -2.47. The summed E-state index contributed by atoms with van der Waals surface area (Å²) < 4.78 is 42.0. The summed E-state index contributed by atoms with van der Waals surface area (Å²) in [5, 5.41) is 2.12. The molecule has 4 heterocycles. The van der Waals surface area contributed by atoms with Gasteiger partial charge in [-0.3, -0.25) is 14.5 Å². The molecule has 0 bridgehead atoms. The van der Waals surface area contributed by atoms with Crippen LogP contribution >= 0.6 is 10.5 Å². The van der Waals surface area contributed by atoms with E-state index in [2.05, 4.69) is 25.0 Å². The van der Waals surface area contributed by atoms with Crippen molar-refractivity contribution < 1.29 is 18.1 Å². The smallest absolute Gasteiger partial charge is 0.275 e. The third-order valence-corrected chi connectivity index (χ3v) is 9.97. The molecule has 0 radical (unpaired) electrons. The number of nitrogens with one attached hydrogen (secondary N) is 2. The fourth-order valence-corrected chi connectivity index (χ4v) is 7.50. The van der Waals surface area contributed by atoms with Gasteiger partial charge < -0.3 is 15.6 Å². The number of hydrogen-bond acceptors (Lipinski definition) is 7. The van der Waals surface area contributed by atoms with Gasteiger partial charge in [-0.15, -0.1) is 0 Å². The van der Waals surface area contributed by atoms with Crippen LogP contribution in [-0.2, 0) is 5.54 Å². The molecule has 4 rings (SSSR count). The summed E-state index contributed by atoms with van der Waals surface area (Å²) in [6.45, 7) is 5.89. The van der Waals surface area contributed by atoms with Crippen molar-refractivity contribution in [3.8, 4) is 0 Å². The van der Waals surface area contributed by atoms with Crippen LogP contribution < -0.4 is 15.8 Å². The van der Waals surface area contributed by atoms with Crippen molar-refractivity contribution in [2.75, 3.05) is 11.9 Å². The van der Waals surface area contributed by atoms with Gasteiger partial charge in [0.25, 0.3) is 5.91 Å². The molecule has 2 aromatic rings. The van der Waals surface area contributed by atoms with E-state index in [-0.39, 0.29) is 23.0 Å². The first-order chi connectivity index (χ1) is 14.5. The SMILES string of the molecule is CC1(C)C(N)=N[C@](C)(c2nc(NC(=O)c3ccc(F)cn3)ccc2F)[C@@H]2CCNS21O. The van der Waals surface area contributed by atoms with E-state index in [9.17, 15) is 18.1 Å². The largest absolute Gasteiger partial charge is 0.386 e. The van der Waals surface area contributed by atoms with Crippen molar-refractivity contribution >= 4 is 28.1 Å². The maximum absolute atomic E-state index is 15.0. The van der Waals surface area contributed by atoms with E-state index in [1.165, 1.54) is 18.2 Å². The van der Waals surface area contributed by atoms with Crippen molar-refractivity contribution in [3.63, 3.8) is 0 Å². The second-order valence-electron chi connectivity index (χ2n) is 8.29. The lowest BCUT2D eigenvalue weighted by molar-refractivity contribution is 0.102. The molecule has 2 aromatic heterocycles. The lowest BCUT2D eigenvalue weighted by Crippen LogP contribution is -2.57. The Morgan fingerprint density at radius 1 is 1.29 bits per heavy atom. The fourth-order valence-electron chi connectivity index (χ4n) is 4.14. The summed E-state index contributed by atoms with van der Waals surface area (Å²) in [7, 11) is -2.47. The molecule has 0 spiro atoms. The van der Waals surface area contributed by atoms with Crippen molar-refractivity contribution in [2.45, 2.75) is 42.7 Å². The molecule has 1 unspecified atom stereocenters. The summed E-state index contributed by atoms with van der Waals surface area (Å²) >= 11 is 0. The van der Waals surface area contributed by atoms with E-state index in [1.54, 1.807) is 6.92 Å². The standard InChI is InChI=1S/C20H24F2N6O2S/c1-19(2)18(23)28-20(3,14-8-9-25-31(14,19)30)16-12(22)5-7-15(26-16)27-17(29)13-6-4-11(21)10-24-13/h4-7,10,14,25,30H,8-9H2,1-3H3,(H2,23,28)(H,26,27,29)/t14-,20-/m0/s1. The van der Waals surface area contributed by atoms with Crippen LogP contribution in [0.4, 0.5) is 14.6 Å². The van der Waals surface area contributed by atoms with Gasteiger partial charge in [-0.2, -0.15) is 0 Å². The van der Waals surface area contributed by atoms with E-state index in [1.807, 2.05) is 13.8 Å². The van der Waals surface area contributed by atoms with E-state index in [0.29, 0.717) is 13.0 Å². The Morgan fingerprint density at radius 3 is 2.71 bits per heavy atom. The number of halogens is 2. The number of carbonyl (C=O) groups is 1. The maximum Gasteiger partial charge on any atom is 0.275 e. The summed E-state index contributed by atoms with van der Waals surface area (Å²) in [5.41, 5.74) is 4.97. The Bertz CT molecular complexity index is 1080. The van der Waals surface area contributed by atoms with Crippen LogP contribution in [-0.4, -0.2) is 42.8 Å². The number of pyridine rings is 2. The van der Waals surface area contributed by atoms with Crippen LogP contribution in [0.2, 0.25) is 0 Å². The highest BCUT2D eigenvalue weighted by Gasteiger charge is 2.61. The number of hydrogen-bond donors (Lipinski definition) is 4. The highest BCUT2D eigenvalue weighted by atomic mass is 32.3. The zero-order chi connectivity index (χ0) is 22.6. The van der Waals surface area contributed by atoms with Gasteiger partial charge in [0.1, 0.15) is 40.2 Å². The van der Waals surface area contributed by atoms with Gasteiger partial charge in [0, 0.05) is 6.54 Å². The van der Waals surface area contributed by atoms with Crippen molar-refractivity contribution in [1.82, 2.24) is 14.7 Å². The lowest BCUT2D eigenvalue weighted by atomic mass is 9.90. The molecular formula is C20H24F2N6O2S. The number of fused-ring (bicyclic) bond motifs is 1. The number of carbonyl (C=O) groups excluding carboxylic acids is 1. The molecule has 11 heteroatoms. The monoisotopic (exact) mass is 450 g/mol. The second kappa shape index (κ2) is 7.21. The number of nitrogens with two attached hydrogens (primary N) is 1. The molecule has 8 nitrogen and oxygen atoms in total. The number of rotatable bonds is 3. The first-order valence-electron chi connectivity index (χ1n) is 9.73.